The van der Waals surface area contributed by atoms with Crippen molar-refractivity contribution in [3.8, 4) is 0 Å². The molecule has 0 rings (SSSR count). The fourth-order valence-electron chi connectivity index (χ4n) is 1.19. The molecule has 0 aliphatic carbocycles. The first-order valence-corrected chi connectivity index (χ1v) is 5.25. The Hall–Kier alpha value is -1.02. The first-order chi connectivity index (χ1) is 8.23. The summed E-state index contributed by atoms with van der Waals surface area (Å²) in [6.07, 6.45) is -8.32. The Morgan fingerprint density at radius 3 is 1.74 bits per heavy atom. The third-order valence-electron chi connectivity index (χ3n) is 2.23. The molecule has 1 atom stereocenters. The monoisotopic (exact) mass is 298 g/mol. The molecule has 0 aromatic heterocycles. The van der Waals surface area contributed by atoms with E-state index in [4.69, 9.17) is 0 Å². The molecule has 1 unspecified atom stereocenters. The quantitative estimate of drug-likeness (QED) is 0.570. The van der Waals surface area contributed by atoms with Crippen molar-refractivity contribution < 1.29 is 40.3 Å². The highest BCUT2D eigenvalue weighted by atomic mass is 19.4. The zero-order chi connectivity index (χ0) is 15.6. The van der Waals surface area contributed by atoms with E-state index < -0.39 is 42.4 Å². The summed E-state index contributed by atoms with van der Waals surface area (Å²) in [5, 5.41) is 0. The zero-order valence-electron chi connectivity index (χ0n) is 10.3. The average molecular weight is 298 g/mol. The van der Waals surface area contributed by atoms with E-state index in [1.807, 2.05) is 0 Å². The Kier molecular flexibility index (Phi) is 5.24. The molecule has 0 aromatic carbocycles. The molecule has 0 aliphatic rings. The summed E-state index contributed by atoms with van der Waals surface area (Å²) in [5.74, 6) is -15.4. The lowest BCUT2D eigenvalue weighted by atomic mass is 9.94. The van der Waals surface area contributed by atoms with Gasteiger partial charge in [0.1, 0.15) is 0 Å². The minimum Gasteiger partial charge on any atom is -0.463 e. The molecule has 0 radical (unpaired) electrons. The van der Waals surface area contributed by atoms with Crippen LogP contribution < -0.4 is 0 Å². The van der Waals surface area contributed by atoms with Gasteiger partial charge in [-0.05, 0) is 13.8 Å². The number of rotatable bonds is 5. The molecular weight excluding hydrogens is 285 g/mol. The summed E-state index contributed by atoms with van der Waals surface area (Å²) in [6.45, 7) is 3.19. The molecule has 0 bridgehead atoms. The average Bonchev–Trinajstić information content (AvgIpc) is 2.13. The van der Waals surface area contributed by atoms with Crippen molar-refractivity contribution in [2.45, 2.75) is 51.3 Å². The lowest BCUT2D eigenvalue weighted by Gasteiger charge is -2.32. The first-order valence-electron chi connectivity index (χ1n) is 5.25. The van der Waals surface area contributed by atoms with Crippen molar-refractivity contribution in [1.82, 2.24) is 0 Å². The molecule has 0 saturated carbocycles. The topological polar surface area (TPSA) is 26.3 Å². The number of hydrogen-bond donors (Lipinski definition) is 0. The van der Waals surface area contributed by atoms with Crippen LogP contribution in [0.1, 0.15) is 27.2 Å². The summed E-state index contributed by atoms with van der Waals surface area (Å²) < 4.78 is 91.6. The van der Waals surface area contributed by atoms with Gasteiger partial charge in [-0.25, -0.2) is 0 Å². The fraction of sp³-hybridized carbons (Fsp3) is 0.900. The van der Waals surface area contributed by atoms with E-state index in [0.29, 0.717) is 6.92 Å². The van der Waals surface area contributed by atoms with Crippen molar-refractivity contribution in [3.63, 3.8) is 0 Å². The standard InChI is InChI=1S/C10H13F7O2/c1-5(2)19-7(18)4-6(3)8(11,12)9(13,14)10(15,16)17/h5-6H,4H2,1-3H3. The molecule has 19 heavy (non-hydrogen) atoms. The smallest absolute Gasteiger partial charge is 0.459 e. The van der Waals surface area contributed by atoms with Gasteiger partial charge in [-0.3, -0.25) is 4.79 Å². The van der Waals surface area contributed by atoms with Crippen LogP contribution in [0, 0.1) is 5.92 Å². The minimum absolute atomic E-state index is 0.432. The molecule has 0 spiro atoms. The van der Waals surface area contributed by atoms with Crippen molar-refractivity contribution in [1.29, 1.82) is 0 Å². The van der Waals surface area contributed by atoms with E-state index in [-0.39, 0.29) is 0 Å². The molecule has 0 heterocycles. The number of hydrogen-bond acceptors (Lipinski definition) is 2. The second-order valence-corrected chi connectivity index (χ2v) is 4.34. The maximum atomic E-state index is 13.1. The largest absolute Gasteiger partial charge is 0.463 e. The summed E-state index contributed by atoms with van der Waals surface area (Å²) >= 11 is 0. The Balaban J connectivity index is 4.96. The summed E-state index contributed by atoms with van der Waals surface area (Å²) in [7, 11) is 0. The Labute approximate surface area is 104 Å². The van der Waals surface area contributed by atoms with Crippen LogP contribution in [0.4, 0.5) is 30.7 Å². The molecule has 114 valence electrons. The maximum absolute atomic E-state index is 13.1. The van der Waals surface area contributed by atoms with Crippen LogP contribution in [-0.2, 0) is 9.53 Å². The van der Waals surface area contributed by atoms with Gasteiger partial charge < -0.3 is 4.74 Å². The van der Waals surface area contributed by atoms with Crippen LogP contribution in [0.2, 0.25) is 0 Å². The maximum Gasteiger partial charge on any atom is 0.459 e. The third-order valence-corrected chi connectivity index (χ3v) is 2.23. The van der Waals surface area contributed by atoms with Gasteiger partial charge >= 0.3 is 24.0 Å². The summed E-state index contributed by atoms with van der Waals surface area (Å²) in [6, 6.07) is 0. The predicted octanol–water partition coefficient (Wildman–Crippen LogP) is 3.80. The molecule has 0 amide bonds. The second kappa shape index (κ2) is 5.54. The molecule has 0 aromatic rings. The van der Waals surface area contributed by atoms with Crippen LogP contribution in [0.5, 0.6) is 0 Å². The van der Waals surface area contributed by atoms with Crippen LogP contribution in [0.15, 0.2) is 0 Å². The van der Waals surface area contributed by atoms with Gasteiger partial charge in [-0.1, -0.05) is 6.92 Å². The van der Waals surface area contributed by atoms with E-state index >= 15 is 0 Å². The van der Waals surface area contributed by atoms with E-state index in [1.165, 1.54) is 13.8 Å². The summed E-state index contributed by atoms with van der Waals surface area (Å²) in [5.41, 5.74) is 0. The van der Waals surface area contributed by atoms with Gasteiger partial charge in [0.2, 0.25) is 0 Å². The third kappa shape index (κ3) is 3.97. The molecule has 0 N–H and O–H groups in total. The lowest BCUT2D eigenvalue weighted by molar-refractivity contribution is -0.364. The number of esters is 1. The Bertz CT molecular complexity index is 322. The van der Waals surface area contributed by atoms with Crippen molar-refractivity contribution in [2.75, 3.05) is 0 Å². The van der Waals surface area contributed by atoms with E-state index in [9.17, 15) is 35.5 Å². The first kappa shape index (κ1) is 18.0. The van der Waals surface area contributed by atoms with Crippen molar-refractivity contribution in [3.05, 3.63) is 0 Å². The number of carbonyl (C=O) groups is 1. The Morgan fingerprint density at radius 1 is 1.00 bits per heavy atom. The number of alkyl halides is 7. The normalized spacial score (nSPS) is 15.5. The van der Waals surface area contributed by atoms with Gasteiger partial charge in [-0.2, -0.15) is 30.7 Å². The molecule has 0 fully saturated rings. The molecule has 0 aliphatic heterocycles. The van der Waals surface area contributed by atoms with Crippen LogP contribution in [0.25, 0.3) is 0 Å². The Morgan fingerprint density at radius 2 is 1.42 bits per heavy atom. The molecule has 2 nitrogen and oxygen atoms in total. The molecular formula is C10H13F7O2. The van der Waals surface area contributed by atoms with Gasteiger partial charge in [0, 0.05) is 5.92 Å². The highest BCUT2D eigenvalue weighted by Crippen LogP contribution is 2.50. The predicted molar refractivity (Wildman–Crippen MR) is 51.0 cm³/mol. The number of carbonyl (C=O) groups excluding carboxylic acids is 1. The van der Waals surface area contributed by atoms with E-state index in [0.717, 1.165) is 0 Å². The second-order valence-electron chi connectivity index (χ2n) is 4.34. The fourth-order valence-corrected chi connectivity index (χ4v) is 1.19. The highest BCUT2D eigenvalue weighted by molar-refractivity contribution is 5.70. The number of halogens is 7. The van der Waals surface area contributed by atoms with E-state index in [1.54, 1.807) is 0 Å². The van der Waals surface area contributed by atoms with Gasteiger partial charge in [0.05, 0.1) is 12.5 Å². The van der Waals surface area contributed by atoms with Gasteiger partial charge in [0.15, 0.2) is 0 Å². The minimum atomic E-state index is -6.40. The van der Waals surface area contributed by atoms with Crippen LogP contribution in [-0.4, -0.2) is 30.1 Å². The van der Waals surface area contributed by atoms with E-state index in [2.05, 4.69) is 4.74 Å². The van der Waals surface area contributed by atoms with Crippen LogP contribution in [0.3, 0.4) is 0 Å². The zero-order valence-corrected chi connectivity index (χ0v) is 10.3. The van der Waals surface area contributed by atoms with Gasteiger partial charge in [-0.15, -0.1) is 0 Å². The lowest BCUT2D eigenvalue weighted by Crippen LogP contribution is -2.55. The molecule has 9 heteroatoms. The number of ether oxygens (including phenoxy) is 1. The van der Waals surface area contributed by atoms with Gasteiger partial charge in [0.25, 0.3) is 0 Å². The van der Waals surface area contributed by atoms with Crippen LogP contribution >= 0.6 is 0 Å². The molecule has 0 saturated heterocycles. The SMILES string of the molecule is CC(C)OC(=O)CC(C)C(F)(F)C(F)(F)C(F)(F)F. The summed E-state index contributed by atoms with van der Waals surface area (Å²) in [4.78, 5) is 11.0. The van der Waals surface area contributed by atoms with Crippen molar-refractivity contribution in [2.24, 2.45) is 5.92 Å². The highest BCUT2D eigenvalue weighted by Gasteiger charge is 2.74. The van der Waals surface area contributed by atoms with Crippen molar-refractivity contribution >= 4 is 5.97 Å².